The Morgan fingerprint density at radius 1 is 1.46 bits per heavy atom. The van der Waals surface area contributed by atoms with Crippen molar-refractivity contribution in [2.24, 2.45) is 0 Å². The van der Waals surface area contributed by atoms with E-state index in [1.165, 1.54) is 0 Å². The predicted molar refractivity (Wildman–Crippen MR) is 50.6 cm³/mol. The number of hydrogen-bond donors (Lipinski definition) is 0. The van der Waals surface area contributed by atoms with Gasteiger partial charge in [-0.3, -0.25) is 0 Å². The van der Waals surface area contributed by atoms with Gasteiger partial charge >= 0.3 is 0 Å². The van der Waals surface area contributed by atoms with Crippen LogP contribution in [0.1, 0.15) is 31.0 Å². The number of hydrogen-bond acceptors (Lipinski definition) is 3. The van der Waals surface area contributed by atoms with Gasteiger partial charge in [-0.15, -0.1) is 16.6 Å². The van der Waals surface area contributed by atoms with E-state index in [1.54, 1.807) is 7.11 Å². The molecule has 1 aromatic rings. The lowest BCUT2D eigenvalue weighted by molar-refractivity contribution is 0.384. The second-order valence-corrected chi connectivity index (χ2v) is 2.99. The summed E-state index contributed by atoms with van der Waals surface area (Å²) in [4.78, 5) is 0. The third-order valence-corrected chi connectivity index (χ3v) is 1.75. The summed E-state index contributed by atoms with van der Waals surface area (Å²) in [6, 6.07) is 1.83. The van der Waals surface area contributed by atoms with E-state index in [1.807, 2.05) is 6.07 Å². The fourth-order valence-corrected chi connectivity index (χ4v) is 1.04. The molecule has 0 N–H and O–H groups in total. The van der Waals surface area contributed by atoms with Crippen LogP contribution in [0.2, 0.25) is 0 Å². The third-order valence-electron chi connectivity index (χ3n) is 1.75. The quantitative estimate of drug-likeness (QED) is 0.642. The number of terminal acetylenes is 1. The zero-order chi connectivity index (χ0) is 9.84. The molecule has 0 aliphatic carbocycles. The highest BCUT2D eigenvalue weighted by Crippen LogP contribution is 2.23. The molecule has 3 heteroatoms. The number of nitrogens with zero attached hydrogens (tertiary/aromatic N) is 2. The molecular formula is C10H12N2O. The summed E-state index contributed by atoms with van der Waals surface area (Å²) >= 11 is 0. The van der Waals surface area contributed by atoms with Crippen LogP contribution in [0.25, 0.3) is 0 Å². The highest BCUT2D eigenvalue weighted by molar-refractivity contribution is 5.34. The zero-order valence-corrected chi connectivity index (χ0v) is 8.03. The monoisotopic (exact) mass is 176 g/mol. The van der Waals surface area contributed by atoms with Crippen LogP contribution < -0.4 is 4.74 Å². The van der Waals surface area contributed by atoms with Gasteiger partial charge in [0.2, 0.25) is 5.88 Å². The summed E-state index contributed by atoms with van der Waals surface area (Å²) in [5.74, 6) is 3.33. The first-order chi connectivity index (χ1) is 6.19. The van der Waals surface area contributed by atoms with Crippen LogP contribution in [0.4, 0.5) is 0 Å². The highest BCUT2D eigenvalue weighted by atomic mass is 16.5. The average molecular weight is 176 g/mol. The van der Waals surface area contributed by atoms with E-state index < -0.39 is 0 Å². The fourth-order valence-electron chi connectivity index (χ4n) is 1.04. The Labute approximate surface area is 78.1 Å². The number of aromatic nitrogens is 2. The van der Waals surface area contributed by atoms with Gasteiger partial charge in [0.1, 0.15) is 5.69 Å². The summed E-state index contributed by atoms with van der Waals surface area (Å²) in [5, 5.41) is 7.67. The molecule has 0 fully saturated rings. The molecule has 0 aliphatic rings. The van der Waals surface area contributed by atoms with Crippen LogP contribution in [0.15, 0.2) is 6.07 Å². The van der Waals surface area contributed by atoms with Crippen LogP contribution in [0.3, 0.4) is 0 Å². The van der Waals surface area contributed by atoms with Crippen molar-refractivity contribution in [3.8, 4) is 18.2 Å². The Morgan fingerprint density at radius 2 is 2.15 bits per heavy atom. The highest BCUT2D eigenvalue weighted by Gasteiger charge is 2.09. The van der Waals surface area contributed by atoms with Gasteiger partial charge in [0.15, 0.2) is 0 Å². The smallest absolute Gasteiger partial charge is 0.236 e. The van der Waals surface area contributed by atoms with Gasteiger partial charge in [-0.2, -0.15) is 0 Å². The van der Waals surface area contributed by atoms with Gasteiger partial charge in [-0.1, -0.05) is 13.8 Å². The molecule has 0 radical (unpaired) electrons. The molecule has 13 heavy (non-hydrogen) atoms. The van der Waals surface area contributed by atoms with E-state index in [9.17, 15) is 0 Å². The first-order valence-corrected chi connectivity index (χ1v) is 4.07. The molecule has 0 saturated heterocycles. The van der Waals surface area contributed by atoms with E-state index in [4.69, 9.17) is 11.2 Å². The Morgan fingerprint density at radius 3 is 2.62 bits per heavy atom. The lowest BCUT2D eigenvalue weighted by atomic mass is 10.1. The van der Waals surface area contributed by atoms with Crippen LogP contribution in [0, 0.1) is 12.3 Å². The SMILES string of the molecule is C#Cc1cc(C(C)C)c(OC)nn1. The largest absolute Gasteiger partial charge is 0.480 e. The molecule has 0 bridgehead atoms. The molecule has 1 rings (SSSR count). The second kappa shape index (κ2) is 3.90. The third kappa shape index (κ3) is 1.97. The predicted octanol–water partition coefficient (Wildman–Crippen LogP) is 1.59. The molecule has 0 spiro atoms. The summed E-state index contributed by atoms with van der Waals surface area (Å²) < 4.78 is 5.06. The minimum atomic E-state index is 0.331. The van der Waals surface area contributed by atoms with Gasteiger partial charge in [-0.25, -0.2) is 0 Å². The maximum atomic E-state index is 5.22. The van der Waals surface area contributed by atoms with Gasteiger partial charge in [0.05, 0.1) is 7.11 Å². The Kier molecular flexibility index (Phi) is 2.86. The molecule has 3 nitrogen and oxygen atoms in total. The first kappa shape index (κ1) is 9.53. The molecule has 0 aromatic carbocycles. The van der Waals surface area contributed by atoms with Crippen molar-refractivity contribution < 1.29 is 4.74 Å². The van der Waals surface area contributed by atoms with E-state index in [0.717, 1.165) is 5.56 Å². The van der Waals surface area contributed by atoms with Crippen molar-refractivity contribution in [1.82, 2.24) is 10.2 Å². The summed E-state index contributed by atoms with van der Waals surface area (Å²) in [5.41, 5.74) is 1.54. The molecule has 68 valence electrons. The van der Waals surface area contributed by atoms with E-state index in [2.05, 4.69) is 30.0 Å². The summed E-state index contributed by atoms with van der Waals surface area (Å²) in [6.07, 6.45) is 5.22. The lowest BCUT2D eigenvalue weighted by Gasteiger charge is -2.09. The fraction of sp³-hybridized carbons (Fsp3) is 0.400. The second-order valence-electron chi connectivity index (χ2n) is 2.99. The van der Waals surface area contributed by atoms with Crippen molar-refractivity contribution in [2.45, 2.75) is 19.8 Å². The summed E-state index contributed by atoms with van der Waals surface area (Å²) in [6.45, 7) is 4.11. The maximum absolute atomic E-state index is 5.22. The van der Waals surface area contributed by atoms with Crippen LogP contribution in [-0.2, 0) is 0 Å². The van der Waals surface area contributed by atoms with Crippen molar-refractivity contribution >= 4 is 0 Å². The average Bonchev–Trinajstić information content (AvgIpc) is 2.16. The minimum Gasteiger partial charge on any atom is -0.480 e. The number of methoxy groups -OCH3 is 1. The Balaban J connectivity index is 3.20. The van der Waals surface area contributed by atoms with Crippen molar-refractivity contribution in [2.75, 3.05) is 7.11 Å². The van der Waals surface area contributed by atoms with E-state index in [0.29, 0.717) is 17.5 Å². The molecular weight excluding hydrogens is 164 g/mol. The normalized spacial score (nSPS) is 9.77. The topological polar surface area (TPSA) is 35.0 Å². The maximum Gasteiger partial charge on any atom is 0.236 e. The zero-order valence-electron chi connectivity index (χ0n) is 8.03. The Hall–Kier alpha value is -1.56. The van der Waals surface area contributed by atoms with E-state index >= 15 is 0 Å². The molecule has 0 atom stereocenters. The van der Waals surface area contributed by atoms with Crippen LogP contribution in [-0.4, -0.2) is 17.3 Å². The molecule has 1 heterocycles. The summed E-state index contributed by atoms with van der Waals surface area (Å²) in [7, 11) is 1.57. The molecule has 1 aromatic heterocycles. The van der Waals surface area contributed by atoms with Crippen LogP contribution >= 0.6 is 0 Å². The molecule has 0 unspecified atom stereocenters. The van der Waals surface area contributed by atoms with Gasteiger partial charge < -0.3 is 4.74 Å². The van der Waals surface area contributed by atoms with Crippen LogP contribution in [0.5, 0.6) is 5.88 Å². The van der Waals surface area contributed by atoms with Gasteiger partial charge in [-0.05, 0) is 17.9 Å². The minimum absolute atomic E-state index is 0.331. The Bertz CT molecular complexity index is 339. The first-order valence-electron chi connectivity index (χ1n) is 4.07. The number of rotatable bonds is 2. The molecule has 0 amide bonds. The van der Waals surface area contributed by atoms with E-state index in [-0.39, 0.29) is 0 Å². The standard InChI is InChI=1S/C10H12N2O/c1-5-8-6-9(7(2)3)10(13-4)12-11-8/h1,6-7H,2-4H3. The van der Waals surface area contributed by atoms with Gasteiger partial charge in [0.25, 0.3) is 0 Å². The lowest BCUT2D eigenvalue weighted by Crippen LogP contribution is -2.00. The molecule has 0 saturated carbocycles. The van der Waals surface area contributed by atoms with Crippen molar-refractivity contribution in [1.29, 1.82) is 0 Å². The van der Waals surface area contributed by atoms with Crippen molar-refractivity contribution in [3.05, 3.63) is 17.3 Å². The van der Waals surface area contributed by atoms with Crippen molar-refractivity contribution in [3.63, 3.8) is 0 Å². The molecule has 0 aliphatic heterocycles. The number of ether oxygens (including phenoxy) is 1. The van der Waals surface area contributed by atoms with Gasteiger partial charge in [0, 0.05) is 5.56 Å².